The highest BCUT2D eigenvalue weighted by molar-refractivity contribution is 7.18. The molecule has 4 rings (SSSR count). The molecule has 6 nitrogen and oxygen atoms in total. The highest BCUT2D eigenvalue weighted by Crippen LogP contribution is 2.30. The molecule has 144 valence electrons. The van der Waals surface area contributed by atoms with Crippen molar-refractivity contribution < 1.29 is 14.5 Å². The molecule has 0 radical (unpaired) electrons. The molecule has 1 aromatic heterocycles. The number of quaternary nitrogens is 1. The van der Waals surface area contributed by atoms with E-state index in [2.05, 4.69) is 18.2 Å². The second-order valence-electron chi connectivity index (χ2n) is 7.82. The minimum atomic E-state index is -0.284. The van der Waals surface area contributed by atoms with Gasteiger partial charge in [-0.2, -0.15) is 0 Å². The number of thiazole rings is 1. The number of aromatic nitrogens is 1. The fourth-order valence-corrected chi connectivity index (χ4v) is 5.45. The van der Waals surface area contributed by atoms with Gasteiger partial charge in [-0.05, 0) is 37.8 Å². The third kappa shape index (κ3) is 4.14. The summed E-state index contributed by atoms with van der Waals surface area (Å²) in [6.45, 7) is 3.73. The highest BCUT2D eigenvalue weighted by Gasteiger charge is 2.32. The Bertz CT molecular complexity index is 803. The van der Waals surface area contributed by atoms with Crippen molar-refractivity contribution >= 4 is 33.4 Å². The molecule has 0 bridgehead atoms. The van der Waals surface area contributed by atoms with Gasteiger partial charge >= 0.3 is 0 Å². The van der Waals surface area contributed by atoms with Crippen LogP contribution in [0.4, 0.5) is 0 Å². The zero-order valence-electron chi connectivity index (χ0n) is 15.5. The predicted octanol–water partition coefficient (Wildman–Crippen LogP) is 0.783. The zero-order valence-corrected chi connectivity index (χ0v) is 16.3. The van der Waals surface area contributed by atoms with Crippen LogP contribution in [0.5, 0.6) is 0 Å². The standard InChI is InChI=1S/C20H26N4O2S/c21-19(26)14-5-4-10-24(12-14)18(25)13-23-9-3-6-15(11-23)20-22-16-7-1-2-8-17(16)27-20/h1-2,7-8,14-15H,3-6,9-13H2,(H2,21,26)/p+1/t14-,15+/m0/s1. The van der Waals surface area contributed by atoms with E-state index in [4.69, 9.17) is 10.7 Å². The van der Waals surface area contributed by atoms with Crippen molar-refractivity contribution in [2.75, 3.05) is 32.7 Å². The number of amides is 2. The third-order valence-corrected chi connectivity index (χ3v) is 7.05. The summed E-state index contributed by atoms with van der Waals surface area (Å²) in [7, 11) is 0. The van der Waals surface area contributed by atoms with Gasteiger partial charge in [0.15, 0.2) is 6.54 Å². The number of piperidine rings is 2. The maximum atomic E-state index is 12.8. The van der Waals surface area contributed by atoms with Gasteiger partial charge in [0.2, 0.25) is 5.91 Å². The van der Waals surface area contributed by atoms with Crippen LogP contribution in [0, 0.1) is 5.92 Å². The van der Waals surface area contributed by atoms with Gasteiger partial charge in [-0.25, -0.2) is 4.98 Å². The SMILES string of the molecule is NC(=O)[C@H]1CCCN(C(=O)C[NH+]2CCC[C@@H](c3nc4ccccc4s3)C2)C1. The van der Waals surface area contributed by atoms with Gasteiger partial charge in [0.05, 0.1) is 35.1 Å². The zero-order chi connectivity index (χ0) is 18.8. The molecular formula is C20H27N4O2S+. The van der Waals surface area contributed by atoms with E-state index in [1.54, 1.807) is 11.3 Å². The fourth-order valence-electron chi connectivity index (χ4n) is 4.35. The number of nitrogens with two attached hydrogens (primary N) is 1. The number of hydrogen-bond acceptors (Lipinski definition) is 4. The van der Waals surface area contributed by atoms with E-state index < -0.39 is 0 Å². The van der Waals surface area contributed by atoms with Gasteiger partial charge in [-0.15, -0.1) is 11.3 Å². The summed E-state index contributed by atoms with van der Waals surface area (Å²) in [6.07, 6.45) is 3.93. The molecule has 2 saturated heterocycles. The lowest BCUT2D eigenvalue weighted by Gasteiger charge is -2.34. The number of benzene rings is 1. The molecule has 2 amide bonds. The van der Waals surface area contributed by atoms with Gasteiger partial charge in [0, 0.05) is 13.1 Å². The van der Waals surface area contributed by atoms with E-state index in [0.717, 1.165) is 50.8 Å². The number of rotatable bonds is 4. The van der Waals surface area contributed by atoms with E-state index >= 15 is 0 Å². The molecule has 3 heterocycles. The number of likely N-dealkylation sites (tertiary alicyclic amines) is 2. The maximum Gasteiger partial charge on any atom is 0.277 e. The predicted molar refractivity (Wildman–Crippen MR) is 106 cm³/mol. The molecule has 2 aromatic rings. The van der Waals surface area contributed by atoms with Crippen LogP contribution < -0.4 is 10.6 Å². The van der Waals surface area contributed by atoms with Crippen molar-refractivity contribution in [1.82, 2.24) is 9.88 Å². The van der Waals surface area contributed by atoms with Crippen LogP contribution in [-0.4, -0.2) is 54.4 Å². The number of carbonyl (C=O) groups is 2. The summed E-state index contributed by atoms with van der Waals surface area (Å²) in [6, 6.07) is 8.27. The van der Waals surface area contributed by atoms with Crippen LogP contribution >= 0.6 is 11.3 Å². The van der Waals surface area contributed by atoms with Crippen LogP contribution in [0.2, 0.25) is 0 Å². The van der Waals surface area contributed by atoms with Gasteiger partial charge < -0.3 is 15.5 Å². The van der Waals surface area contributed by atoms with E-state index in [9.17, 15) is 9.59 Å². The molecule has 0 aliphatic carbocycles. The largest absolute Gasteiger partial charge is 0.369 e. The second kappa shape index (κ2) is 7.94. The number of para-hydroxylation sites is 1. The summed E-state index contributed by atoms with van der Waals surface area (Å²) >= 11 is 1.79. The Morgan fingerprint density at radius 3 is 2.93 bits per heavy atom. The Morgan fingerprint density at radius 1 is 1.26 bits per heavy atom. The molecule has 7 heteroatoms. The van der Waals surface area contributed by atoms with Crippen LogP contribution in [0.3, 0.4) is 0 Å². The molecule has 1 unspecified atom stereocenters. The number of fused-ring (bicyclic) bond motifs is 1. The number of primary amides is 1. The average molecular weight is 388 g/mol. The molecule has 0 spiro atoms. The monoisotopic (exact) mass is 387 g/mol. The summed E-state index contributed by atoms with van der Waals surface area (Å²) in [5, 5.41) is 1.20. The molecule has 2 aliphatic heterocycles. The van der Waals surface area contributed by atoms with Crippen LogP contribution in [0.25, 0.3) is 10.2 Å². The highest BCUT2D eigenvalue weighted by atomic mass is 32.1. The summed E-state index contributed by atoms with van der Waals surface area (Å²) in [5.74, 6) is 0.114. The molecule has 27 heavy (non-hydrogen) atoms. The first-order chi connectivity index (χ1) is 13.1. The minimum Gasteiger partial charge on any atom is -0.369 e. The van der Waals surface area contributed by atoms with Crippen molar-refractivity contribution in [3.05, 3.63) is 29.3 Å². The summed E-state index contributed by atoms with van der Waals surface area (Å²) in [4.78, 5) is 32.2. The van der Waals surface area contributed by atoms with Crippen molar-refractivity contribution in [3.8, 4) is 0 Å². The minimum absolute atomic E-state index is 0.154. The summed E-state index contributed by atoms with van der Waals surface area (Å²) < 4.78 is 1.24. The molecule has 0 saturated carbocycles. The van der Waals surface area contributed by atoms with Crippen LogP contribution in [-0.2, 0) is 9.59 Å². The number of nitrogens with one attached hydrogen (secondary N) is 1. The van der Waals surface area contributed by atoms with Crippen molar-refractivity contribution in [2.45, 2.75) is 31.6 Å². The second-order valence-corrected chi connectivity index (χ2v) is 8.88. The van der Waals surface area contributed by atoms with Gasteiger partial charge in [0.1, 0.15) is 5.01 Å². The van der Waals surface area contributed by atoms with Gasteiger partial charge in [-0.3, -0.25) is 9.59 Å². The number of nitrogens with zero attached hydrogens (tertiary/aromatic N) is 2. The average Bonchev–Trinajstić information content (AvgIpc) is 3.12. The number of hydrogen-bond donors (Lipinski definition) is 2. The topological polar surface area (TPSA) is 80.7 Å². The first-order valence-corrected chi connectivity index (χ1v) is 10.7. The first-order valence-electron chi connectivity index (χ1n) is 9.86. The van der Waals surface area contributed by atoms with E-state index in [0.29, 0.717) is 19.0 Å². The Labute approximate surface area is 163 Å². The van der Waals surface area contributed by atoms with Crippen LogP contribution in [0.1, 0.15) is 36.6 Å². The Morgan fingerprint density at radius 2 is 2.11 bits per heavy atom. The van der Waals surface area contributed by atoms with E-state index in [1.807, 2.05) is 11.0 Å². The lowest BCUT2D eigenvalue weighted by molar-refractivity contribution is -0.898. The fraction of sp³-hybridized carbons (Fsp3) is 0.550. The van der Waals surface area contributed by atoms with Crippen molar-refractivity contribution in [2.24, 2.45) is 11.7 Å². The maximum absolute atomic E-state index is 12.8. The Balaban J connectivity index is 1.38. The molecule has 1 aromatic carbocycles. The van der Waals surface area contributed by atoms with Gasteiger partial charge in [0.25, 0.3) is 5.91 Å². The summed E-state index contributed by atoms with van der Waals surface area (Å²) in [5.41, 5.74) is 6.52. The van der Waals surface area contributed by atoms with Crippen molar-refractivity contribution in [3.63, 3.8) is 0 Å². The lowest BCUT2D eigenvalue weighted by atomic mass is 9.97. The van der Waals surface area contributed by atoms with E-state index in [1.165, 1.54) is 14.6 Å². The first kappa shape index (κ1) is 18.4. The lowest BCUT2D eigenvalue weighted by Crippen LogP contribution is -3.14. The smallest absolute Gasteiger partial charge is 0.277 e. The normalized spacial score (nSPS) is 26.2. The molecule has 3 atom stereocenters. The molecule has 2 fully saturated rings. The van der Waals surface area contributed by atoms with Crippen molar-refractivity contribution in [1.29, 1.82) is 0 Å². The molecule has 2 aliphatic rings. The molecular weight excluding hydrogens is 360 g/mol. The Kier molecular flexibility index (Phi) is 5.41. The third-order valence-electron chi connectivity index (χ3n) is 5.86. The van der Waals surface area contributed by atoms with Gasteiger partial charge in [-0.1, -0.05) is 12.1 Å². The quantitative estimate of drug-likeness (QED) is 0.814. The number of carbonyl (C=O) groups excluding carboxylic acids is 2. The molecule has 3 N–H and O–H groups in total. The van der Waals surface area contributed by atoms with Crippen LogP contribution in [0.15, 0.2) is 24.3 Å². The van der Waals surface area contributed by atoms with E-state index in [-0.39, 0.29) is 17.7 Å². The Hall–Kier alpha value is -1.99.